The third kappa shape index (κ3) is 3.57. The Kier molecular flexibility index (Phi) is 4.98. The van der Waals surface area contributed by atoms with E-state index >= 15 is 0 Å². The van der Waals surface area contributed by atoms with Crippen molar-refractivity contribution in [3.63, 3.8) is 0 Å². The summed E-state index contributed by atoms with van der Waals surface area (Å²) in [6.45, 7) is 1.19. The van der Waals surface area contributed by atoms with Crippen LogP contribution < -0.4 is 9.47 Å². The molecule has 2 heterocycles. The fraction of sp³-hybridized carbons (Fsp3) is 0.529. The maximum Gasteiger partial charge on any atom is 0.276 e. The van der Waals surface area contributed by atoms with Gasteiger partial charge in [0.25, 0.3) is 5.22 Å². The lowest BCUT2D eigenvalue weighted by molar-refractivity contribution is 0.171. The Bertz CT molecular complexity index is 716. The van der Waals surface area contributed by atoms with Gasteiger partial charge in [0, 0.05) is 16.1 Å². The van der Waals surface area contributed by atoms with Crippen molar-refractivity contribution in [2.75, 3.05) is 13.2 Å². The van der Waals surface area contributed by atoms with Crippen LogP contribution in [0.3, 0.4) is 0 Å². The van der Waals surface area contributed by atoms with Crippen LogP contribution in [0.1, 0.15) is 49.5 Å². The Labute approximate surface area is 153 Å². The Morgan fingerprint density at radius 3 is 2.58 bits per heavy atom. The largest absolute Gasteiger partial charge is 0.486 e. The summed E-state index contributed by atoms with van der Waals surface area (Å²) < 4.78 is 18.1. The molecule has 0 radical (unpaired) electrons. The summed E-state index contributed by atoms with van der Waals surface area (Å²) in [6, 6.07) is 3.98. The quantitative estimate of drug-likeness (QED) is 0.664. The van der Waals surface area contributed by atoms with E-state index in [1.54, 1.807) is 11.8 Å². The number of hydrogen-bond donors (Lipinski definition) is 0. The first-order chi connectivity index (χ1) is 11.8. The first-order valence-corrected chi connectivity index (χ1v) is 10.1. The lowest BCUT2D eigenvalue weighted by Crippen LogP contribution is -2.15. The Morgan fingerprint density at radius 2 is 1.79 bits per heavy atom. The van der Waals surface area contributed by atoms with E-state index in [-0.39, 0.29) is 0 Å². The molecule has 1 aromatic heterocycles. The number of benzene rings is 1. The highest BCUT2D eigenvalue weighted by Gasteiger charge is 2.22. The minimum absolute atomic E-state index is 0.446. The molecule has 1 fully saturated rings. The standard InChI is InChI=1S/C17H19BrN2O3S/c18-13-9-15-14(21-6-7-22-15)8-12(13)10-24-17-20-19-16(23-17)11-4-2-1-3-5-11/h8-9,11H,1-7,10H2. The van der Waals surface area contributed by atoms with Gasteiger partial charge in [0.1, 0.15) is 13.2 Å². The van der Waals surface area contributed by atoms with Crippen LogP contribution in [-0.2, 0) is 5.75 Å². The number of rotatable bonds is 4. The predicted molar refractivity (Wildman–Crippen MR) is 94.8 cm³/mol. The molecule has 1 aliphatic carbocycles. The molecule has 2 aromatic rings. The van der Waals surface area contributed by atoms with Crippen molar-refractivity contribution >= 4 is 27.7 Å². The average molecular weight is 411 g/mol. The normalized spacial score (nSPS) is 17.9. The molecule has 0 unspecified atom stereocenters. The van der Waals surface area contributed by atoms with Gasteiger partial charge in [-0.3, -0.25) is 0 Å². The molecule has 0 spiro atoms. The maximum atomic E-state index is 5.87. The van der Waals surface area contributed by atoms with Gasteiger partial charge in [-0.2, -0.15) is 0 Å². The van der Waals surface area contributed by atoms with Gasteiger partial charge in [-0.25, -0.2) is 0 Å². The molecule has 1 aliphatic heterocycles. The van der Waals surface area contributed by atoms with Crippen LogP contribution in [0.4, 0.5) is 0 Å². The highest BCUT2D eigenvalue weighted by Crippen LogP contribution is 2.38. The van der Waals surface area contributed by atoms with Crippen LogP contribution in [0.5, 0.6) is 11.5 Å². The molecule has 4 rings (SSSR count). The highest BCUT2D eigenvalue weighted by molar-refractivity contribution is 9.10. The van der Waals surface area contributed by atoms with Gasteiger partial charge in [0.2, 0.25) is 5.89 Å². The minimum atomic E-state index is 0.446. The molecule has 0 N–H and O–H groups in total. The minimum Gasteiger partial charge on any atom is -0.486 e. The third-order valence-electron chi connectivity index (χ3n) is 4.44. The zero-order chi connectivity index (χ0) is 16.4. The van der Waals surface area contributed by atoms with Crippen molar-refractivity contribution in [2.45, 2.75) is 49.0 Å². The number of thioether (sulfide) groups is 1. The van der Waals surface area contributed by atoms with Gasteiger partial charge < -0.3 is 13.9 Å². The van der Waals surface area contributed by atoms with Crippen LogP contribution in [0, 0.1) is 0 Å². The molecule has 1 aromatic carbocycles. The van der Waals surface area contributed by atoms with Gasteiger partial charge in [0.15, 0.2) is 11.5 Å². The number of fused-ring (bicyclic) bond motifs is 1. The van der Waals surface area contributed by atoms with E-state index in [9.17, 15) is 0 Å². The van der Waals surface area contributed by atoms with Gasteiger partial charge >= 0.3 is 0 Å². The molecule has 128 valence electrons. The summed E-state index contributed by atoms with van der Waals surface area (Å²) in [5.74, 6) is 3.58. The van der Waals surface area contributed by atoms with Crippen LogP contribution >= 0.6 is 27.7 Å². The fourth-order valence-corrected chi connectivity index (χ4v) is 4.56. The van der Waals surface area contributed by atoms with Gasteiger partial charge in [-0.1, -0.05) is 47.0 Å². The summed E-state index contributed by atoms with van der Waals surface area (Å²) in [7, 11) is 0. The molecule has 5 nitrogen and oxygen atoms in total. The average Bonchev–Trinajstić information content (AvgIpc) is 3.10. The summed E-state index contributed by atoms with van der Waals surface area (Å²) in [5, 5.41) is 9.09. The van der Waals surface area contributed by atoms with Crippen molar-refractivity contribution < 1.29 is 13.9 Å². The molecular weight excluding hydrogens is 392 g/mol. The molecule has 7 heteroatoms. The molecule has 2 aliphatic rings. The zero-order valence-electron chi connectivity index (χ0n) is 13.3. The van der Waals surface area contributed by atoms with Crippen LogP contribution in [0.25, 0.3) is 0 Å². The molecule has 1 saturated carbocycles. The van der Waals surface area contributed by atoms with Crippen molar-refractivity contribution in [1.82, 2.24) is 10.2 Å². The van der Waals surface area contributed by atoms with Crippen molar-refractivity contribution in [1.29, 1.82) is 0 Å². The van der Waals surface area contributed by atoms with E-state index in [4.69, 9.17) is 13.9 Å². The second kappa shape index (κ2) is 7.35. The lowest BCUT2D eigenvalue weighted by atomic mass is 9.89. The predicted octanol–water partition coefficient (Wildman–Crippen LogP) is 4.94. The van der Waals surface area contributed by atoms with E-state index in [0.29, 0.717) is 24.4 Å². The van der Waals surface area contributed by atoms with E-state index in [1.165, 1.54) is 32.1 Å². The monoisotopic (exact) mass is 410 g/mol. The van der Waals surface area contributed by atoms with Crippen LogP contribution in [-0.4, -0.2) is 23.4 Å². The molecule has 0 amide bonds. The van der Waals surface area contributed by atoms with Crippen molar-refractivity contribution in [3.8, 4) is 11.5 Å². The fourth-order valence-electron chi connectivity index (χ4n) is 3.15. The van der Waals surface area contributed by atoms with E-state index < -0.39 is 0 Å². The number of ether oxygens (including phenoxy) is 2. The Hall–Kier alpha value is -1.21. The number of aromatic nitrogens is 2. The molecule has 0 bridgehead atoms. The summed E-state index contributed by atoms with van der Waals surface area (Å²) >= 11 is 5.16. The van der Waals surface area contributed by atoms with E-state index in [0.717, 1.165) is 33.2 Å². The smallest absolute Gasteiger partial charge is 0.276 e. The second-order valence-corrected chi connectivity index (χ2v) is 7.90. The SMILES string of the molecule is Brc1cc2c(cc1CSc1nnc(C3CCCCC3)o1)OCCO2. The Morgan fingerprint density at radius 1 is 1.04 bits per heavy atom. The van der Waals surface area contributed by atoms with Crippen LogP contribution in [0.2, 0.25) is 0 Å². The highest BCUT2D eigenvalue weighted by atomic mass is 79.9. The zero-order valence-corrected chi connectivity index (χ0v) is 15.7. The second-order valence-electron chi connectivity index (χ2n) is 6.12. The van der Waals surface area contributed by atoms with E-state index in [1.807, 2.05) is 12.1 Å². The molecule has 0 saturated heterocycles. The summed E-state index contributed by atoms with van der Waals surface area (Å²) in [5.41, 5.74) is 1.13. The number of halogens is 1. The first kappa shape index (κ1) is 16.3. The molecular formula is C17H19BrN2O3S. The topological polar surface area (TPSA) is 57.4 Å². The number of hydrogen-bond acceptors (Lipinski definition) is 6. The van der Waals surface area contributed by atoms with Crippen molar-refractivity contribution in [3.05, 3.63) is 28.1 Å². The number of nitrogens with zero attached hydrogens (tertiary/aromatic N) is 2. The molecule has 0 atom stereocenters. The molecule has 24 heavy (non-hydrogen) atoms. The third-order valence-corrected chi connectivity index (χ3v) is 6.04. The van der Waals surface area contributed by atoms with Gasteiger partial charge in [-0.15, -0.1) is 10.2 Å². The van der Waals surface area contributed by atoms with Crippen LogP contribution in [0.15, 0.2) is 26.2 Å². The first-order valence-electron chi connectivity index (χ1n) is 8.34. The lowest BCUT2D eigenvalue weighted by Gasteiger charge is -2.19. The Balaban J connectivity index is 1.42. The maximum absolute atomic E-state index is 5.87. The van der Waals surface area contributed by atoms with Gasteiger partial charge in [0.05, 0.1) is 0 Å². The van der Waals surface area contributed by atoms with E-state index in [2.05, 4.69) is 26.1 Å². The summed E-state index contributed by atoms with van der Waals surface area (Å²) in [6.07, 6.45) is 6.18. The van der Waals surface area contributed by atoms with Crippen molar-refractivity contribution in [2.24, 2.45) is 0 Å². The summed E-state index contributed by atoms with van der Waals surface area (Å²) in [4.78, 5) is 0. The van der Waals surface area contributed by atoms with Gasteiger partial charge in [-0.05, 0) is 30.5 Å².